The van der Waals surface area contributed by atoms with Crippen LogP contribution in [0.2, 0.25) is 0 Å². The largest absolute Gasteiger partial charge is 0.392 e. The number of carbonyl (C=O) groups is 1. The zero-order chi connectivity index (χ0) is 19.4. The van der Waals surface area contributed by atoms with Gasteiger partial charge in [0.2, 0.25) is 0 Å². The lowest BCUT2D eigenvalue weighted by Crippen LogP contribution is -2.38. The minimum absolute atomic E-state index is 0.00421. The molecule has 1 saturated heterocycles. The van der Waals surface area contributed by atoms with Gasteiger partial charge in [0.25, 0.3) is 5.56 Å². The van der Waals surface area contributed by atoms with E-state index in [4.69, 9.17) is 9.84 Å². The van der Waals surface area contributed by atoms with Crippen LogP contribution in [0.15, 0.2) is 29.1 Å². The maximum atomic E-state index is 13.5. The molecule has 0 radical (unpaired) electrons. The minimum Gasteiger partial charge on any atom is -0.392 e. The molecule has 0 spiro atoms. The molecule has 0 amide bonds. The van der Waals surface area contributed by atoms with Crippen molar-refractivity contribution in [1.29, 1.82) is 0 Å². The molecule has 1 N–H and O–H groups in total. The minimum atomic E-state index is -0.504. The summed E-state index contributed by atoms with van der Waals surface area (Å²) >= 11 is 0. The molecule has 0 saturated carbocycles. The van der Waals surface area contributed by atoms with E-state index in [-0.39, 0.29) is 29.7 Å². The molecule has 0 atom stereocenters. The lowest BCUT2D eigenvalue weighted by Gasteiger charge is -2.28. The fourth-order valence-corrected chi connectivity index (χ4v) is 3.01. The molecule has 7 nitrogen and oxygen atoms in total. The molecular weight excluding hydrogens is 353 g/mol. The Kier molecular flexibility index (Phi) is 5.98. The predicted molar refractivity (Wildman–Crippen MR) is 97.2 cm³/mol. The topological polar surface area (TPSA) is 84.7 Å². The second-order valence-corrected chi connectivity index (χ2v) is 6.50. The maximum absolute atomic E-state index is 13.5. The van der Waals surface area contributed by atoms with E-state index in [0.29, 0.717) is 43.5 Å². The third-order valence-corrected chi connectivity index (χ3v) is 4.59. The average molecular weight is 375 g/mol. The number of benzene rings is 1. The monoisotopic (exact) mass is 375 g/mol. The van der Waals surface area contributed by atoms with E-state index in [9.17, 15) is 14.0 Å². The molecule has 144 valence electrons. The molecule has 0 aliphatic carbocycles. The first-order valence-corrected chi connectivity index (χ1v) is 8.77. The van der Waals surface area contributed by atoms with Crippen molar-refractivity contribution < 1.29 is 19.0 Å². The van der Waals surface area contributed by atoms with Crippen LogP contribution in [-0.2, 0) is 36.0 Å². The standard InChI is InChI=1S/C19H22FN3O4/c1-22-17(21-18(11-19(22)26)23-4-6-27-7-5-23)10-15(25)9-13-2-3-16(20)14(8-13)12-24/h2-3,8,11,24H,4-7,9-10,12H2,1H3. The molecule has 1 aliphatic rings. The number of hydrogen-bond acceptors (Lipinski definition) is 6. The number of morpholine rings is 1. The lowest BCUT2D eigenvalue weighted by atomic mass is 10.0. The lowest BCUT2D eigenvalue weighted by molar-refractivity contribution is -0.117. The normalized spacial score (nSPS) is 14.4. The van der Waals surface area contributed by atoms with E-state index in [1.165, 1.54) is 28.8 Å². The first-order valence-electron chi connectivity index (χ1n) is 8.77. The van der Waals surface area contributed by atoms with Crippen molar-refractivity contribution in [2.24, 2.45) is 7.05 Å². The highest BCUT2D eigenvalue weighted by Gasteiger charge is 2.17. The Morgan fingerprint density at radius 2 is 2.00 bits per heavy atom. The summed E-state index contributed by atoms with van der Waals surface area (Å²) in [4.78, 5) is 31.2. The van der Waals surface area contributed by atoms with Gasteiger partial charge in [0.15, 0.2) is 0 Å². The molecule has 0 bridgehead atoms. The van der Waals surface area contributed by atoms with Crippen LogP contribution in [0.25, 0.3) is 0 Å². The van der Waals surface area contributed by atoms with Crippen LogP contribution in [-0.4, -0.2) is 46.7 Å². The van der Waals surface area contributed by atoms with Gasteiger partial charge in [-0.25, -0.2) is 9.37 Å². The first kappa shape index (κ1) is 19.2. The highest BCUT2D eigenvalue weighted by atomic mass is 19.1. The average Bonchev–Trinajstić information content (AvgIpc) is 2.67. The zero-order valence-electron chi connectivity index (χ0n) is 15.2. The number of aromatic nitrogens is 2. The van der Waals surface area contributed by atoms with Crippen molar-refractivity contribution in [2.45, 2.75) is 19.4 Å². The molecule has 0 unspecified atom stereocenters. The van der Waals surface area contributed by atoms with Crippen LogP contribution in [0.5, 0.6) is 0 Å². The Labute approximate surface area is 156 Å². The van der Waals surface area contributed by atoms with Crippen LogP contribution in [0, 0.1) is 5.82 Å². The van der Waals surface area contributed by atoms with Crippen molar-refractivity contribution in [2.75, 3.05) is 31.2 Å². The Morgan fingerprint density at radius 3 is 2.70 bits per heavy atom. The van der Waals surface area contributed by atoms with Crippen LogP contribution in [0.1, 0.15) is 17.0 Å². The Balaban J connectivity index is 1.77. The summed E-state index contributed by atoms with van der Waals surface area (Å²) in [5.41, 5.74) is 0.540. The highest BCUT2D eigenvalue weighted by Crippen LogP contribution is 2.14. The fraction of sp³-hybridized carbons (Fsp3) is 0.421. The number of carbonyl (C=O) groups excluding carboxylic acids is 1. The SMILES string of the molecule is Cn1c(CC(=O)Cc2ccc(F)c(CO)c2)nc(N2CCOCC2)cc1=O. The summed E-state index contributed by atoms with van der Waals surface area (Å²) in [5.74, 6) is 0.287. The van der Waals surface area contributed by atoms with Crippen molar-refractivity contribution >= 4 is 11.6 Å². The summed E-state index contributed by atoms with van der Waals surface area (Å²) < 4.78 is 20.1. The van der Waals surface area contributed by atoms with Gasteiger partial charge in [-0.15, -0.1) is 0 Å². The molecule has 2 heterocycles. The molecule has 3 rings (SSSR count). The molecule has 1 aliphatic heterocycles. The van der Waals surface area contributed by atoms with Crippen molar-refractivity contribution in [1.82, 2.24) is 9.55 Å². The second kappa shape index (κ2) is 8.41. The Bertz CT molecular complexity index is 891. The summed E-state index contributed by atoms with van der Waals surface area (Å²) in [5, 5.41) is 9.15. The molecule has 1 aromatic heterocycles. The van der Waals surface area contributed by atoms with Gasteiger partial charge in [0, 0.05) is 38.2 Å². The number of anilines is 1. The number of Topliss-reactive ketones (excluding diaryl/α,β-unsaturated/α-hetero) is 1. The van der Waals surface area contributed by atoms with Crippen LogP contribution >= 0.6 is 0 Å². The second-order valence-electron chi connectivity index (χ2n) is 6.50. The number of aliphatic hydroxyl groups is 1. The number of aliphatic hydroxyl groups excluding tert-OH is 1. The summed E-state index contributed by atoms with van der Waals surface area (Å²) in [6.45, 7) is 2.01. The number of rotatable bonds is 6. The number of ketones is 1. The third kappa shape index (κ3) is 4.58. The molecule has 1 aromatic carbocycles. The summed E-state index contributed by atoms with van der Waals surface area (Å²) in [7, 11) is 1.59. The maximum Gasteiger partial charge on any atom is 0.255 e. The number of ether oxygens (including phenoxy) is 1. The van der Waals surface area contributed by atoms with E-state index >= 15 is 0 Å². The van der Waals surface area contributed by atoms with Gasteiger partial charge in [-0.2, -0.15) is 0 Å². The van der Waals surface area contributed by atoms with E-state index in [1.54, 1.807) is 7.05 Å². The summed E-state index contributed by atoms with van der Waals surface area (Å²) in [6.07, 6.45) is 0.0701. The molecule has 8 heteroatoms. The first-order chi connectivity index (χ1) is 13.0. The highest BCUT2D eigenvalue weighted by molar-refractivity contribution is 5.82. The van der Waals surface area contributed by atoms with E-state index in [1.807, 2.05) is 4.90 Å². The number of nitrogens with zero attached hydrogens (tertiary/aromatic N) is 3. The van der Waals surface area contributed by atoms with E-state index in [2.05, 4.69) is 4.98 Å². The molecule has 27 heavy (non-hydrogen) atoms. The van der Waals surface area contributed by atoms with Gasteiger partial charge >= 0.3 is 0 Å². The van der Waals surface area contributed by atoms with Crippen LogP contribution in [0.3, 0.4) is 0 Å². The van der Waals surface area contributed by atoms with Crippen molar-refractivity contribution in [3.05, 3.63) is 57.4 Å². The van der Waals surface area contributed by atoms with E-state index in [0.717, 1.165) is 0 Å². The smallest absolute Gasteiger partial charge is 0.255 e. The van der Waals surface area contributed by atoms with Crippen LogP contribution < -0.4 is 10.5 Å². The van der Waals surface area contributed by atoms with Gasteiger partial charge in [0.05, 0.1) is 26.2 Å². The predicted octanol–water partition coefficient (Wildman–Crippen LogP) is 0.603. The molecular formula is C19H22FN3O4. The van der Waals surface area contributed by atoms with Crippen molar-refractivity contribution in [3.8, 4) is 0 Å². The molecule has 1 fully saturated rings. The van der Waals surface area contributed by atoms with Crippen LogP contribution in [0.4, 0.5) is 10.2 Å². The Morgan fingerprint density at radius 1 is 1.26 bits per heavy atom. The van der Waals surface area contributed by atoms with Crippen molar-refractivity contribution in [3.63, 3.8) is 0 Å². The van der Waals surface area contributed by atoms with E-state index < -0.39 is 12.4 Å². The van der Waals surface area contributed by atoms with Gasteiger partial charge in [-0.05, 0) is 11.6 Å². The van der Waals surface area contributed by atoms with Gasteiger partial charge in [0.1, 0.15) is 23.2 Å². The number of halogens is 1. The quantitative estimate of drug-likeness (QED) is 0.796. The third-order valence-electron chi connectivity index (χ3n) is 4.59. The summed E-state index contributed by atoms with van der Waals surface area (Å²) in [6, 6.07) is 5.70. The van der Waals surface area contributed by atoms with Gasteiger partial charge in [-0.3, -0.25) is 14.2 Å². The zero-order valence-corrected chi connectivity index (χ0v) is 15.2. The van der Waals surface area contributed by atoms with Gasteiger partial charge in [-0.1, -0.05) is 12.1 Å². The Hall–Kier alpha value is -2.58. The van der Waals surface area contributed by atoms with Gasteiger partial charge < -0.3 is 14.7 Å². The number of hydrogen-bond donors (Lipinski definition) is 1. The molecule has 2 aromatic rings. The fourth-order valence-electron chi connectivity index (χ4n) is 3.01.